The molecule has 0 bridgehead atoms. The largest absolute Gasteiger partial charge is 0.491 e. The average molecular weight is 311 g/mol. The van der Waals surface area contributed by atoms with Crippen molar-refractivity contribution < 1.29 is 4.74 Å². The molecule has 21 heavy (non-hydrogen) atoms. The van der Waals surface area contributed by atoms with Crippen LogP contribution in [-0.2, 0) is 5.41 Å². The predicted molar refractivity (Wildman–Crippen MR) is 89.6 cm³/mol. The Balaban J connectivity index is 1.89. The van der Waals surface area contributed by atoms with E-state index in [9.17, 15) is 0 Å². The number of piperazine rings is 1. The van der Waals surface area contributed by atoms with E-state index in [1.165, 1.54) is 5.56 Å². The van der Waals surface area contributed by atoms with E-state index < -0.39 is 0 Å². The molecular weight excluding hydrogens is 284 g/mol. The second kappa shape index (κ2) is 7.48. The number of benzene rings is 1. The molecule has 0 radical (unpaired) electrons. The van der Waals surface area contributed by atoms with Gasteiger partial charge in [0, 0.05) is 32.7 Å². The third-order valence-electron chi connectivity index (χ3n) is 4.47. The molecule has 0 aromatic heterocycles. The minimum absolute atomic E-state index is 0.156. The van der Waals surface area contributed by atoms with Crippen molar-refractivity contribution in [2.45, 2.75) is 32.6 Å². The summed E-state index contributed by atoms with van der Waals surface area (Å²) in [4.78, 5) is 2.42. The van der Waals surface area contributed by atoms with Crippen LogP contribution >= 0.6 is 11.6 Å². The lowest BCUT2D eigenvalue weighted by Gasteiger charge is -2.27. The van der Waals surface area contributed by atoms with Gasteiger partial charge >= 0.3 is 0 Å². The second-order valence-corrected chi connectivity index (χ2v) is 6.73. The van der Waals surface area contributed by atoms with Gasteiger partial charge in [-0.15, -0.1) is 0 Å². The van der Waals surface area contributed by atoms with Gasteiger partial charge in [0.25, 0.3) is 0 Å². The summed E-state index contributed by atoms with van der Waals surface area (Å²) >= 11 is 6.37. The van der Waals surface area contributed by atoms with Gasteiger partial charge in [0.1, 0.15) is 12.4 Å². The lowest BCUT2D eigenvalue weighted by atomic mass is 9.82. The van der Waals surface area contributed by atoms with E-state index in [1.807, 2.05) is 12.1 Å². The van der Waals surface area contributed by atoms with E-state index in [1.54, 1.807) is 0 Å². The van der Waals surface area contributed by atoms with Crippen molar-refractivity contribution in [3.8, 4) is 5.75 Å². The molecule has 1 fully saturated rings. The van der Waals surface area contributed by atoms with Crippen molar-refractivity contribution in [3.63, 3.8) is 0 Å². The summed E-state index contributed by atoms with van der Waals surface area (Å²) in [5.41, 5.74) is 1.42. The molecule has 0 amide bonds. The highest BCUT2D eigenvalue weighted by Crippen LogP contribution is 2.33. The molecule has 1 aromatic carbocycles. The minimum atomic E-state index is 0.156. The summed E-state index contributed by atoms with van der Waals surface area (Å²) in [5.74, 6) is 0.794. The van der Waals surface area contributed by atoms with Crippen molar-refractivity contribution in [1.29, 1.82) is 0 Å². The van der Waals surface area contributed by atoms with Gasteiger partial charge in [-0.25, -0.2) is 0 Å². The predicted octanol–water partition coefficient (Wildman–Crippen LogP) is 3.31. The molecule has 1 heterocycles. The molecule has 0 atom stereocenters. The molecule has 2 rings (SSSR count). The maximum absolute atomic E-state index is 6.37. The van der Waals surface area contributed by atoms with E-state index in [0.29, 0.717) is 11.6 Å². The fourth-order valence-electron chi connectivity index (χ4n) is 2.46. The molecule has 0 spiro atoms. The molecule has 1 aliphatic rings. The molecule has 1 N–H and O–H groups in total. The minimum Gasteiger partial charge on any atom is -0.491 e. The molecule has 3 nitrogen and oxygen atoms in total. The number of rotatable bonds is 6. The zero-order valence-corrected chi connectivity index (χ0v) is 14.2. The molecule has 0 unspecified atom stereocenters. The lowest BCUT2D eigenvalue weighted by Crippen LogP contribution is -2.44. The molecule has 1 aliphatic heterocycles. The SMILES string of the molecule is CCC(C)(C)c1ccc(OCCN2CCNCC2)c(Cl)c1. The molecular formula is C17H27ClN2O. The number of hydrogen-bond acceptors (Lipinski definition) is 3. The zero-order chi connectivity index (χ0) is 15.3. The van der Waals surface area contributed by atoms with Crippen LogP contribution in [0.2, 0.25) is 5.02 Å². The summed E-state index contributed by atoms with van der Waals surface area (Å²) in [5, 5.41) is 4.07. The van der Waals surface area contributed by atoms with Crippen molar-refractivity contribution in [2.75, 3.05) is 39.3 Å². The van der Waals surface area contributed by atoms with E-state index in [0.717, 1.165) is 44.9 Å². The van der Waals surface area contributed by atoms with Gasteiger partial charge in [-0.3, -0.25) is 4.90 Å². The van der Waals surface area contributed by atoms with E-state index in [-0.39, 0.29) is 5.41 Å². The Bertz CT molecular complexity index is 456. The van der Waals surface area contributed by atoms with Gasteiger partial charge in [-0.2, -0.15) is 0 Å². The third kappa shape index (κ3) is 4.60. The van der Waals surface area contributed by atoms with Crippen molar-refractivity contribution in [1.82, 2.24) is 10.2 Å². The van der Waals surface area contributed by atoms with Gasteiger partial charge in [0.15, 0.2) is 0 Å². The van der Waals surface area contributed by atoms with Crippen molar-refractivity contribution >= 4 is 11.6 Å². The Morgan fingerprint density at radius 3 is 2.62 bits per heavy atom. The Morgan fingerprint density at radius 2 is 2.00 bits per heavy atom. The van der Waals surface area contributed by atoms with E-state index in [4.69, 9.17) is 16.3 Å². The van der Waals surface area contributed by atoms with Crippen molar-refractivity contribution in [2.24, 2.45) is 0 Å². The van der Waals surface area contributed by atoms with Gasteiger partial charge < -0.3 is 10.1 Å². The smallest absolute Gasteiger partial charge is 0.137 e. The molecule has 4 heteroatoms. The lowest BCUT2D eigenvalue weighted by molar-refractivity contribution is 0.191. The Morgan fingerprint density at radius 1 is 1.29 bits per heavy atom. The van der Waals surface area contributed by atoms with Crippen LogP contribution in [0.5, 0.6) is 5.75 Å². The summed E-state index contributed by atoms with van der Waals surface area (Å²) < 4.78 is 5.85. The van der Waals surface area contributed by atoms with Crippen LogP contribution in [0.25, 0.3) is 0 Å². The first kappa shape index (κ1) is 16.6. The Kier molecular flexibility index (Phi) is 5.91. The summed E-state index contributed by atoms with van der Waals surface area (Å²) in [7, 11) is 0. The standard InChI is InChI=1S/C17H27ClN2O/c1-4-17(2,3)14-5-6-16(15(18)13-14)21-12-11-20-9-7-19-8-10-20/h5-6,13,19H,4,7-12H2,1-3H3. The highest BCUT2D eigenvalue weighted by molar-refractivity contribution is 6.32. The molecule has 0 saturated carbocycles. The maximum Gasteiger partial charge on any atom is 0.137 e. The topological polar surface area (TPSA) is 24.5 Å². The molecule has 1 saturated heterocycles. The number of halogens is 1. The first-order valence-electron chi connectivity index (χ1n) is 7.89. The van der Waals surface area contributed by atoms with Gasteiger partial charge in [-0.1, -0.05) is 38.4 Å². The maximum atomic E-state index is 6.37. The van der Waals surface area contributed by atoms with Crippen LogP contribution in [0.3, 0.4) is 0 Å². The van der Waals surface area contributed by atoms with E-state index >= 15 is 0 Å². The third-order valence-corrected chi connectivity index (χ3v) is 4.77. The molecule has 118 valence electrons. The number of nitrogens with one attached hydrogen (secondary N) is 1. The van der Waals surface area contributed by atoms with E-state index in [2.05, 4.69) is 37.1 Å². The zero-order valence-electron chi connectivity index (χ0n) is 13.4. The van der Waals surface area contributed by atoms with Crippen LogP contribution in [0.1, 0.15) is 32.8 Å². The van der Waals surface area contributed by atoms with Crippen LogP contribution in [-0.4, -0.2) is 44.2 Å². The Labute approximate surface area is 133 Å². The van der Waals surface area contributed by atoms with Crippen LogP contribution in [0.15, 0.2) is 18.2 Å². The normalized spacial score (nSPS) is 17.0. The van der Waals surface area contributed by atoms with Gasteiger partial charge in [0.2, 0.25) is 0 Å². The Hall–Kier alpha value is -0.770. The van der Waals surface area contributed by atoms with Gasteiger partial charge in [-0.05, 0) is 29.5 Å². The number of hydrogen-bond donors (Lipinski definition) is 1. The fraction of sp³-hybridized carbons (Fsp3) is 0.647. The second-order valence-electron chi connectivity index (χ2n) is 6.32. The van der Waals surface area contributed by atoms with Crippen LogP contribution in [0, 0.1) is 0 Å². The van der Waals surface area contributed by atoms with Gasteiger partial charge in [0.05, 0.1) is 5.02 Å². The monoisotopic (exact) mass is 310 g/mol. The van der Waals surface area contributed by atoms with Crippen LogP contribution in [0.4, 0.5) is 0 Å². The number of ether oxygens (including phenoxy) is 1. The molecule has 1 aromatic rings. The highest BCUT2D eigenvalue weighted by atomic mass is 35.5. The van der Waals surface area contributed by atoms with Crippen LogP contribution < -0.4 is 10.1 Å². The first-order valence-corrected chi connectivity index (χ1v) is 8.26. The summed E-state index contributed by atoms with van der Waals surface area (Å²) in [6.07, 6.45) is 1.09. The fourth-order valence-corrected chi connectivity index (χ4v) is 2.70. The molecule has 0 aliphatic carbocycles. The summed E-state index contributed by atoms with van der Waals surface area (Å²) in [6.45, 7) is 12.7. The average Bonchev–Trinajstić information content (AvgIpc) is 2.50. The summed E-state index contributed by atoms with van der Waals surface area (Å²) in [6, 6.07) is 6.19. The first-order chi connectivity index (χ1) is 10.0. The van der Waals surface area contributed by atoms with Crippen molar-refractivity contribution in [3.05, 3.63) is 28.8 Å². The highest BCUT2D eigenvalue weighted by Gasteiger charge is 2.19. The number of nitrogens with zero attached hydrogens (tertiary/aromatic N) is 1. The quantitative estimate of drug-likeness (QED) is 0.872.